The second kappa shape index (κ2) is 6.89. The minimum atomic E-state index is -0.238. The molecule has 0 saturated carbocycles. The Labute approximate surface area is 103 Å². The second-order valence-electron chi connectivity index (χ2n) is 4.27. The van der Waals surface area contributed by atoms with Gasteiger partial charge >= 0.3 is 5.97 Å². The van der Waals surface area contributed by atoms with Gasteiger partial charge in [0.1, 0.15) is 6.61 Å². The van der Waals surface area contributed by atoms with Crippen LogP contribution in [0.15, 0.2) is 29.8 Å². The van der Waals surface area contributed by atoms with Gasteiger partial charge in [-0.25, -0.2) is 0 Å². The van der Waals surface area contributed by atoms with Gasteiger partial charge in [0.2, 0.25) is 0 Å². The fraction of sp³-hybridized carbons (Fsp3) is 0.400. The van der Waals surface area contributed by atoms with Crippen molar-refractivity contribution in [1.82, 2.24) is 0 Å². The molecule has 17 heavy (non-hydrogen) atoms. The Balaban J connectivity index is 2.68. The molecule has 0 spiro atoms. The lowest BCUT2D eigenvalue weighted by Gasteiger charge is -2.04. The third kappa shape index (κ3) is 5.34. The lowest BCUT2D eigenvalue weighted by Crippen LogP contribution is -2.01. The smallest absolute Gasteiger partial charge is 0.302 e. The van der Waals surface area contributed by atoms with Gasteiger partial charge in [0, 0.05) is 6.92 Å². The molecule has 0 aromatic heterocycles. The summed E-state index contributed by atoms with van der Waals surface area (Å²) in [6.45, 7) is 5.94. The largest absolute Gasteiger partial charge is 0.461 e. The van der Waals surface area contributed by atoms with Crippen molar-refractivity contribution in [3.05, 3.63) is 41.0 Å². The first-order valence-corrected chi connectivity index (χ1v) is 6.01. The minimum Gasteiger partial charge on any atom is -0.461 e. The number of aryl methyl sites for hydroxylation is 1. The van der Waals surface area contributed by atoms with Gasteiger partial charge in [0.05, 0.1) is 0 Å². The predicted molar refractivity (Wildman–Crippen MR) is 70.7 cm³/mol. The number of benzene rings is 1. The van der Waals surface area contributed by atoms with E-state index < -0.39 is 0 Å². The average molecular weight is 232 g/mol. The van der Waals surface area contributed by atoms with Crippen molar-refractivity contribution < 1.29 is 9.53 Å². The molecule has 0 atom stereocenters. The molecule has 0 fully saturated rings. The van der Waals surface area contributed by atoms with Gasteiger partial charge in [-0.1, -0.05) is 43.7 Å². The Morgan fingerprint density at radius 2 is 2.12 bits per heavy atom. The van der Waals surface area contributed by atoms with Gasteiger partial charge in [-0.3, -0.25) is 4.79 Å². The zero-order valence-electron chi connectivity index (χ0n) is 10.8. The van der Waals surface area contributed by atoms with E-state index in [4.69, 9.17) is 4.74 Å². The number of rotatable bonds is 5. The maximum Gasteiger partial charge on any atom is 0.302 e. The third-order valence-electron chi connectivity index (χ3n) is 2.41. The van der Waals surface area contributed by atoms with Crippen LogP contribution in [0.2, 0.25) is 0 Å². The highest BCUT2D eigenvalue weighted by atomic mass is 16.5. The number of hydrogen-bond acceptors (Lipinski definition) is 2. The van der Waals surface area contributed by atoms with Crippen LogP contribution < -0.4 is 0 Å². The number of hydrogen-bond donors (Lipinski definition) is 0. The summed E-state index contributed by atoms with van der Waals surface area (Å²) in [5, 5.41) is 0. The lowest BCUT2D eigenvalue weighted by molar-refractivity contribution is -0.139. The first-order valence-electron chi connectivity index (χ1n) is 6.01. The molecule has 0 aliphatic heterocycles. The number of ether oxygens (including phenoxy) is 1. The summed E-state index contributed by atoms with van der Waals surface area (Å²) in [5.41, 5.74) is 3.57. The van der Waals surface area contributed by atoms with Crippen LogP contribution in [0, 0.1) is 0 Å². The fourth-order valence-corrected chi connectivity index (χ4v) is 1.67. The summed E-state index contributed by atoms with van der Waals surface area (Å²) in [5.74, 6) is -0.238. The molecule has 1 aromatic carbocycles. The molecule has 1 aromatic rings. The summed E-state index contributed by atoms with van der Waals surface area (Å²) in [6, 6.07) is 8.45. The van der Waals surface area contributed by atoms with Gasteiger partial charge < -0.3 is 4.74 Å². The zero-order chi connectivity index (χ0) is 12.7. The number of carbonyl (C=O) groups excluding carboxylic acids is 1. The molecule has 92 valence electrons. The van der Waals surface area contributed by atoms with Crippen molar-refractivity contribution in [2.24, 2.45) is 0 Å². The Morgan fingerprint density at radius 1 is 1.35 bits per heavy atom. The van der Waals surface area contributed by atoms with Gasteiger partial charge in [-0.05, 0) is 30.0 Å². The molecule has 0 N–H and O–H groups in total. The molecule has 0 saturated heterocycles. The maximum absolute atomic E-state index is 10.7. The van der Waals surface area contributed by atoms with Crippen molar-refractivity contribution in [1.29, 1.82) is 0 Å². The fourth-order valence-electron chi connectivity index (χ4n) is 1.67. The molecule has 0 unspecified atom stereocenters. The lowest BCUT2D eigenvalue weighted by atomic mass is 10.1. The van der Waals surface area contributed by atoms with E-state index in [1.54, 1.807) is 0 Å². The van der Waals surface area contributed by atoms with Crippen LogP contribution in [-0.4, -0.2) is 12.6 Å². The highest BCUT2D eigenvalue weighted by molar-refractivity contribution is 5.66. The topological polar surface area (TPSA) is 26.3 Å². The summed E-state index contributed by atoms with van der Waals surface area (Å²) in [4.78, 5) is 10.7. The van der Waals surface area contributed by atoms with E-state index in [2.05, 4.69) is 37.3 Å². The second-order valence-corrected chi connectivity index (χ2v) is 4.27. The standard InChI is InChI=1S/C15H20O2/c1-4-6-14-7-5-8-15(10-14)9-12(2)11-17-13(3)16/h5,7-10H,4,6,11H2,1-3H3/b12-9+. The first-order chi connectivity index (χ1) is 8.11. The molecule has 2 nitrogen and oxygen atoms in total. The molecule has 0 radical (unpaired) electrons. The van der Waals surface area contributed by atoms with Crippen molar-refractivity contribution in [2.75, 3.05) is 6.61 Å². The highest BCUT2D eigenvalue weighted by Crippen LogP contribution is 2.11. The Bertz CT molecular complexity index is 405. The van der Waals surface area contributed by atoms with E-state index in [0.29, 0.717) is 6.61 Å². The van der Waals surface area contributed by atoms with E-state index in [9.17, 15) is 4.79 Å². The monoisotopic (exact) mass is 232 g/mol. The summed E-state index contributed by atoms with van der Waals surface area (Å²) in [7, 11) is 0. The SMILES string of the molecule is CCCc1cccc(/C=C(\C)COC(C)=O)c1. The van der Waals surface area contributed by atoms with Crippen LogP contribution >= 0.6 is 0 Å². The van der Waals surface area contributed by atoms with Crippen LogP contribution in [0.25, 0.3) is 6.08 Å². The Kier molecular flexibility index (Phi) is 5.47. The predicted octanol–water partition coefficient (Wildman–Crippen LogP) is 3.61. The Morgan fingerprint density at radius 3 is 2.76 bits per heavy atom. The number of carbonyl (C=O) groups is 1. The molecule has 0 aliphatic rings. The molecule has 0 amide bonds. The highest BCUT2D eigenvalue weighted by Gasteiger charge is 1.97. The molecular formula is C15H20O2. The number of esters is 1. The normalized spacial score (nSPS) is 11.4. The molecule has 0 heterocycles. The van der Waals surface area contributed by atoms with Crippen molar-refractivity contribution in [3.8, 4) is 0 Å². The van der Waals surface area contributed by atoms with Crippen LogP contribution in [0.3, 0.4) is 0 Å². The molecular weight excluding hydrogens is 212 g/mol. The Hall–Kier alpha value is -1.57. The van der Waals surface area contributed by atoms with Crippen LogP contribution in [-0.2, 0) is 16.0 Å². The van der Waals surface area contributed by atoms with E-state index in [1.165, 1.54) is 18.1 Å². The van der Waals surface area contributed by atoms with E-state index in [0.717, 1.165) is 18.4 Å². The van der Waals surface area contributed by atoms with Gasteiger partial charge in [-0.2, -0.15) is 0 Å². The van der Waals surface area contributed by atoms with Gasteiger partial charge in [0.25, 0.3) is 0 Å². The summed E-state index contributed by atoms with van der Waals surface area (Å²) in [6.07, 6.45) is 4.31. The molecule has 0 bridgehead atoms. The molecule has 2 heteroatoms. The molecule has 0 aliphatic carbocycles. The van der Waals surface area contributed by atoms with Crippen LogP contribution in [0.4, 0.5) is 0 Å². The quantitative estimate of drug-likeness (QED) is 0.725. The van der Waals surface area contributed by atoms with Crippen molar-refractivity contribution in [2.45, 2.75) is 33.6 Å². The van der Waals surface area contributed by atoms with Crippen molar-refractivity contribution >= 4 is 12.0 Å². The van der Waals surface area contributed by atoms with E-state index in [1.807, 2.05) is 6.92 Å². The maximum atomic E-state index is 10.7. The van der Waals surface area contributed by atoms with Crippen molar-refractivity contribution in [3.63, 3.8) is 0 Å². The minimum absolute atomic E-state index is 0.238. The first kappa shape index (κ1) is 13.5. The van der Waals surface area contributed by atoms with Gasteiger partial charge in [0.15, 0.2) is 0 Å². The van der Waals surface area contributed by atoms with E-state index >= 15 is 0 Å². The van der Waals surface area contributed by atoms with E-state index in [-0.39, 0.29) is 5.97 Å². The molecule has 1 rings (SSSR count). The average Bonchev–Trinajstić information content (AvgIpc) is 2.27. The third-order valence-corrected chi connectivity index (χ3v) is 2.41. The zero-order valence-corrected chi connectivity index (χ0v) is 10.8. The van der Waals surface area contributed by atoms with Gasteiger partial charge in [-0.15, -0.1) is 0 Å². The summed E-state index contributed by atoms with van der Waals surface area (Å²) < 4.78 is 4.95. The van der Waals surface area contributed by atoms with Crippen LogP contribution in [0.5, 0.6) is 0 Å². The summed E-state index contributed by atoms with van der Waals surface area (Å²) >= 11 is 0. The van der Waals surface area contributed by atoms with Crippen LogP contribution in [0.1, 0.15) is 38.3 Å².